The Morgan fingerprint density at radius 1 is 1.23 bits per heavy atom. The zero-order valence-corrected chi connectivity index (χ0v) is 7.73. The van der Waals surface area contributed by atoms with Gasteiger partial charge < -0.3 is 4.90 Å². The zero-order valence-electron chi connectivity index (χ0n) is 7.73. The number of benzene rings is 1. The Kier molecular flexibility index (Phi) is 1.85. The van der Waals surface area contributed by atoms with E-state index in [1.54, 1.807) is 6.33 Å². The van der Waals surface area contributed by atoms with Gasteiger partial charge in [0.2, 0.25) is 0 Å². The van der Waals surface area contributed by atoms with Gasteiger partial charge in [0.05, 0.1) is 5.52 Å². The van der Waals surface area contributed by atoms with Crippen LogP contribution in [0.1, 0.15) is 0 Å². The summed E-state index contributed by atoms with van der Waals surface area (Å²) in [5.74, 6) is 0. The molecule has 0 aliphatic carbocycles. The molecule has 1 aromatic heterocycles. The smallest absolute Gasteiger partial charge is 0.116 e. The maximum atomic E-state index is 4.19. The molecule has 1 heterocycles. The summed E-state index contributed by atoms with van der Waals surface area (Å²) in [6.45, 7) is 0. The van der Waals surface area contributed by atoms with E-state index in [0.29, 0.717) is 0 Å². The predicted octanol–water partition coefficient (Wildman–Crippen LogP) is 1.70. The van der Waals surface area contributed by atoms with E-state index in [9.17, 15) is 0 Å². The Morgan fingerprint density at radius 3 is 2.85 bits per heavy atom. The minimum atomic E-state index is 0.987. The minimum absolute atomic E-state index is 0.987. The molecule has 0 fully saturated rings. The fourth-order valence-electron chi connectivity index (χ4n) is 1.38. The highest BCUT2D eigenvalue weighted by Gasteiger charge is 2.01. The summed E-state index contributed by atoms with van der Waals surface area (Å²) in [6, 6.07) is 6.06. The van der Waals surface area contributed by atoms with Crippen molar-refractivity contribution in [2.75, 3.05) is 19.0 Å². The number of aromatic nitrogens is 2. The molecule has 0 unspecified atom stereocenters. The Hall–Kier alpha value is -1.64. The van der Waals surface area contributed by atoms with Gasteiger partial charge in [-0.1, -0.05) is 6.07 Å². The number of nitrogens with zero attached hydrogens (tertiary/aromatic N) is 3. The first-order valence-corrected chi connectivity index (χ1v) is 4.15. The van der Waals surface area contributed by atoms with Gasteiger partial charge in [0.1, 0.15) is 6.33 Å². The van der Waals surface area contributed by atoms with Gasteiger partial charge in [0, 0.05) is 31.4 Å². The van der Waals surface area contributed by atoms with E-state index in [0.717, 1.165) is 16.6 Å². The van der Waals surface area contributed by atoms with Crippen molar-refractivity contribution in [2.45, 2.75) is 0 Å². The van der Waals surface area contributed by atoms with Gasteiger partial charge in [0.15, 0.2) is 0 Å². The maximum absolute atomic E-state index is 4.19. The average molecular weight is 173 g/mol. The van der Waals surface area contributed by atoms with Crippen molar-refractivity contribution in [2.24, 2.45) is 0 Å². The summed E-state index contributed by atoms with van der Waals surface area (Å²) in [6.07, 6.45) is 3.42. The van der Waals surface area contributed by atoms with Crippen LogP contribution in [-0.2, 0) is 0 Å². The molecule has 2 rings (SSSR count). The molecular formula is C10H11N3. The monoisotopic (exact) mass is 173 g/mol. The quantitative estimate of drug-likeness (QED) is 0.657. The first-order valence-electron chi connectivity index (χ1n) is 4.15. The van der Waals surface area contributed by atoms with Crippen LogP contribution in [0.2, 0.25) is 0 Å². The molecule has 3 heteroatoms. The van der Waals surface area contributed by atoms with Crippen LogP contribution in [-0.4, -0.2) is 24.1 Å². The molecule has 0 N–H and O–H groups in total. The molecule has 2 aromatic rings. The van der Waals surface area contributed by atoms with E-state index in [1.165, 1.54) is 0 Å². The second kappa shape index (κ2) is 3.01. The van der Waals surface area contributed by atoms with Crippen LogP contribution in [0.25, 0.3) is 10.9 Å². The van der Waals surface area contributed by atoms with Crippen molar-refractivity contribution in [3.63, 3.8) is 0 Å². The lowest BCUT2D eigenvalue weighted by molar-refractivity contribution is 1.13. The van der Waals surface area contributed by atoms with Crippen LogP contribution in [0.3, 0.4) is 0 Å². The predicted molar refractivity (Wildman–Crippen MR) is 53.9 cm³/mol. The zero-order chi connectivity index (χ0) is 9.26. The van der Waals surface area contributed by atoms with E-state index in [1.807, 2.05) is 32.4 Å². The van der Waals surface area contributed by atoms with E-state index in [-0.39, 0.29) is 0 Å². The standard InChI is InChI=1S/C10H11N3/c1-13(2)10-5-3-4-9-8(10)6-11-7-12-9/h3-7H,1-2H3. The Bertz CT molecular complexity index is 418. The summed E-state index contributed by atoms with van der Waals surface area (Å²) < 4.78 is 0. The highest BCUT2D eigenvalue weighted by Crippen LogP contribution is 2.22. The SMILES string of the molecule is CN(C)c1cccc2ncncc12. The minimum Gasteiger partial charge on any atom is -0.377 e. The van der Waals surface area contributed by atoms with E-state index < -0.39 is 0 Å². The lowest BCUT2D eigenvalue weighted by atomic mass is 10.2. The molecule has 3 nitrogen and oxygen atoms in total. The van der Waals surface area contributed by atoms with Crippen molar-refractivity contribution >= 4 is 16.6 Å². The molecule has 0 amide bonds. The second-order valence-corrected chi connectivity index (χ2v) is 3.13. The van der Waals surface area contributed by atoms with Gasteiger partial charge in [-0.05, 0) is 12.1 Å². The molecule has 0 aliphatic heterocycles. The Balaban J connectivity index is 2.76. The fraction of sp³-hybridized carbons (Fsp3) is 0.200. The summed E-state index contributed by atoms with van der Waals surface area (Å²) in [5, 5.41) is 1.09. The largest absolute Gasteiger partial charge is 0.377 e. The number of rotatable bonds is 1. The van der Waals surface area contributed by atoms with Gasteiger partial charge in [-0.3, -0.25) is 0 Å². The van der Waals surface area contributed by atoms with Crippen LogP contribution in [0.15, 0.2) is 30.7 Å². The number of anilines is 1. The van der Waals surface area contributed by atoms with E-state index in [4.69, 9.17) is 0 Å². The van der Waals surface area contributed by atoms with Crippen molar-refractivity contribution in [1.29, 1.82) is 0 Å². The average Bonchev–Trinajstić information content (AvgIpc) is 2.17. The van der Waals surface area contributed by atoms with Crippen LogP contribution in [0.4, 0.5) is 5.69 Å². The normalized spacial score (nSPS) is 10.3. The van der Waals surface area contributed by atoms with Gasteiger partial charge >= 0.3 is 0 Å². The van der Waals surface area contributed by atoms with Gasteiger partial charge in [-0.25, -0.2) is 9.97 Å². The van der Waals surface area contributed by atoms with Crippen molar-refractivity contribution < 1.29 is 0 Å². The topological polar surface area (TPSA) is 29.0 Å². The maximum Gasteiger partial charge on any atom is 0.116 e. The molecule has 0 spiro atoms. The van der Waals surface area contributed by atoms with Crippen LogP contribution in [0.5, 0.6) is 0 Å². The van der Waals surface area contributed by atoms with Gasteiger partial charge in [0.25, 0.3) is 0 Å². The molecule has 13 heavy (non-hydrogen) atoms. The molecule has 1 aromatic carbocycles. The van der Waals surface area contributed by atoms with Gasteiger partial charge in [-0.2, -0.15) is 0 Å². The van der Waals surface area contributed by atoms with Crippen LogP contribution in [0, 0.1) is 0 Å². The summed E-state index contributed by atoms with van der Waals surface area (Å²) >= 11 is 0. The Morgan fingerprint density at radius 2 is 2.08 bits per heavy atom. The number of fused-ring (bicyclic) bond motifs is 1. The van der Waals surface area contributed by atoms with Crippen molar-refractivity contribution in [3.05, 3.63) is 30.7 Å². The molecule has 0 radical (unpaired) electrons. The first kappa shape index (κ1) is 7.98. The first-order chi connectivity index (χ1) is 6.29. The molecule has 0 saturated heterocycles. The molecular weight excluding hydrogens is 162 g/mol. The Labute approximate surface area is 77.0 Å². The molecule has 0 saturated carbocycles. The molecule has 66 valence electrons. The van der Waals surface area contributed by atoms with E-state index in [2.05, 4.69) is 20.9 Å². The van der Waals surface area contributed by atoms with E-state index >= 15 is 0 Å². The third-order valence-corrected chi connectivity index (χ3v) is 2.01. The third kappa shape index (κ3) is 1.33. The highest BCUT2D eigenvalue weighted by molar-refractivity contribution is 5.90. The van der Waals surface area contributed by atoms with Gasteiger partial charge in [-0.15, -0.1) is 0 Å². The number of hydrogen-bond acceptors (Lipinski definition) is 3. The van der Waals surface area contributed by atoms with Crippen LogP contribution >= 0.6 is 0 Å². The second-order valence-electron chi connectivity index (χ2n) is 3.13. The fourth-order valence-corrected chi connectivity index (χ4v) is 1.38. The van der Waals surface area contributed by atoms with Crippen LogP contribution < -0.4 is 4.90 Å². The highest BCUT2D eigenvalue weighted by atomic mass is 15.1. The van der Waals surface area contributed by atoms with Crippen molar-refractivity contribution in [3.8, 4) is 0 Å². The number of hydrogen-bond donors (Lipinski definition) is 0. The summed E-state index contributed by atoms with van der Waals surface area (Å²) in [5.41, 5.74) is 2.14. The van der Waals surface area contributed by atoms with Crippen molar-refractivity contribution in [1.82, 2.24) is 9.97 Å². The summed E-state index contributed by atoms with van der Waals surface area (Å²) in [7, 11) is 4.03. The summed E-state index contributed by atoms with van der Waals surface area (Å²) in [4.78, 5) is 10.3. The molecule has 0 aliphatic rings. The lowest BCUT2D eigenvalue weighted by Crippen LogP contribution is -2.09. The molecule has 0 atom stereocenters. The third-order valence-electron chi connectivity index (χ3n) is 2.01. The lowest BCUT2D eigenvalue weighted by Gasteiger charge is -2.13. The molecule has 0 bridgehead atoms.